The largest absolute Gasteiger partial charge is 0.376 e. The Kier molecular flexibility index (Phi) is 6.92. The van der Waals surface area contributed by atoms with Gasteiger partial charge in [0, 0.05) is 6.04 Å². The lowest BCUT2D eigenvalue weighted by Gasteiger charge is -2.30. The molecule has 2 atom stereocenters. The highest BCUT2D eigenvalue weighted by molar-refractivity contribution is 4.76. The van der Waals surface area contributed by atoms with Crippen molar-refractivity contribution in [1.82, 2.24) is 5.43 Å². The van der Waals surface area contributed by atoms with E-state index in [1.807, 2.05) is 0 Å². The lowest BCUT2D eigenvalue weighted by molar-refractivity contribution is -0.102. The van der Waals surface area contributed by atoms with E-state index in [1.54, 1.807) is 0 Å². The third-order valence-electron chi connectivity index (χ3n) is 2.87. The fourth-order valence-electron chi connectivity index (χ4n) is 1.91. The standard InChI is InChI=1S/C11H24N2O2/c1-2-3-4-5-6-10(13-12)11-9-14-7-8-15-11/h10-11,13H,2-9,12H2,1H3. The second kappa shape index (κ2) is 8.05. The van der Waals surface area contributed by atoms with Gasteiger partial charge in [-0.3, -0.25) is 11.3 Å². The van der Waals surface area contributed by atoms with Gasteiger partial charge in [-0.15, -0.1) is 0 Å². The first kappa shape index (κ1) is 12.9. The van der Waals surface area contributed by atoms with Gasteiger partial charge in [0.15, 0.2) is 0 Å². The maximum absolute atomic E-state index is 5.62. The predicted molar refractivity (Wildman–Crippen MR) is 60.4 cm³/mol. The van der Waals surface area contributed by atoms with Crippen LogP contribution in [-0.4, -0.2) is 32.0 Å². The molecule has 4 nitrogen and oxygen atoms in total. The van der Waals surface area contributed by atoms with Crippen LogP contribution in [0.5, 0.6) is 0 Å². The summed E-state index contributed by atoms with van der Waals surface area (Å²) in [5, 5.41) is 0. The average Bonchev–Trinajstić information content (AvgIpc) is 2.30. The van der Waals surface area contributed by atoms with Gasteiger partial charge >= 0.3 is 0 Å². The van der Waals surface area contributed by atoms with E-state index in [0.717, 1.165) is 6.42 Å². The van der Waals surface area contributed by atoms with Crippen molar-refractivity contribution in [3.8, 4) is 0 Å². The molecule has 1 fully saturated rings. The summed E-state index contributed by atoms with van der Waals surface area (Å²) >= 11 is 0. The summed E-state index contributed by atoms with van der Waals surface area (Å²) in [5.74, 6) is 5.53. The number of unbranched alkanes of at least 4 members (excludes halogenated alkanes) is 3. The minimum Gasteiger partial charge on any atom is -0.376 e. The molecule has 0 radical (unpaired) electrons. The zero-order chi connectivity index (χ0) is 10.9. The quantitative estimate of drug-likeness (QED) is 0.381. The van der Waals surface area contributed by atoms with Crippen molar-refractivity contribution >= 4 is 0 Å². The fourth-order valence-corrected chi connectivity index (χ4v) is 1.91. The van der Waals surface area contributed by atoms with Crippen LogP contribution in [-0.2, 0) is 9.47 Å². The van der Waals surface area contributed by atoms with Crippen molar-refractivity contribution in [1.29, 1.82) is 0 Å². The molecule has 1 heterocycles. The third kappa shape index (κ3) is 4.93. The molecule has 1 saturated heterocycles. The smallest absolute Gasteiger partial charge is 0.0975 e. The number of nitrogens with two attached hydrogens (primary N) is 1. The van der Waals surface area contributed by atoms with Crippen molar-refractivity contribution < 1.29 is 9.47 Å². The van der Waals surface area contributed by atoms with E-state index >= 15 is 0 Å². The zero-order valence-electron chi connectivity index (χ0n) is 9.71. The first-order valence-corrected chi connectivity index (χ1v) is 6.04. The Morgan fingerprint density at radius 1 is 1.33 bits per heavy atom. The summed E-state index contributed by atoms with van der Waals surface area (Å²) in [7, 11) is 0. The van der Waals surface area contributed by atoms with Gasteiger partial charge in [-0.25, -0.2) is 0 Å². The summed E-state index contributed by atoms with van der Waals surface area (Å²) in [5.41, 5.74) is 2.84. The fraction of sp³-hybridized carbons (Fsp3) is 1.00. The molecule has 15 heavy (non-hydrogen) atoms. The van der Waals surface area contributed by atoms with Crippen LogP contribution in [0.3, 0.4) is 0 Å². The van der Waals surface area contributed by atoms with Gasteiger partial charge in [-0.2, -0.15) is 0 Å². The van der Waals surface area contributed by atoms with Gasteiger partial charge in [-0.05, 0) is 6.42 Å². The van der Waals surface area contributed by atoms with Gasteiger partial charge < -0.3 is 9.47 Å². The summed E-state index contributed by atoms with van der Waals surface area (Å²) in [6.07, 6.45) is 6.27. The summed E-state index contributed by atoms with van der Waals surface area (Å²) in [4.78, 5) is 0. The first-order chi connectivity index (χ1) is 7.38. The molecule has 0 spiro atoms. The zero-order valence-corrected chi connectivity index (χ0v) is 9.71. The van der Waals surface area contributed by atoms with Crippen molar-refractivity contribution in [2.45, 2.75) is 51.2 Å². The summed E-state index contributed by atoms with van der Waals surface area (Å²) in [6, 6.07) is 0.238. The van der Waals surface area contributed by atoms with Crippen molar-refractivity contribution in [2.75, 3.05) is 19.8 Å². The Hall–Kier alpha value is -0.160. The van der Waals surface area contributed by atoms with Crippen LogP contribution in [0.2, 0.25) is 0 Å². The van der Waals surface area contributed by atoms with Crippen molar-refractivity contribution in [3.63, 3.8) is 0 Å². The molecule has 3 N–H and O–H groups in total. The molecule has 0 amide bonds. The third-order valence-corrected chi connectivity index (χ3v) is 2.87. The molecule has 0 bridgehead atoms. The van der Waals surface area contributed by atoms with E-state index in [1.165, 1.54) is 25.7 Å². The molecule has 90 valence electrons. The average molecular weight is 216 g/mol. The molecular weight excluding hydrogens is 192 g/mol. The molecule has 2 unspecified atom stereocenters. The Bertz CT molecular complexity index is 150. The number of hydrogen-bond acceptors (Lipinski definition) is 4. The lowest BCUT2D eigenvalue weighted by Crippen LogP contribution is -2.49. The molecule has 0 aromatic rings. The Morgan fingerprint density at radius 3 is 2.80 bits per heavy atom. The van der Waals surface area contributed by atoms with Gasteiger partial charge in [0.25, 0.3) is 0 Å². The van der Waals surface area contributed by atoms with Crippen LogP contribution >= 0.6 is 0 Å². The number of ether oxygens (including phenoxy) is 2. The second-order valence-corrected chi connectivity index (χ2v) is 4.11. The molecule has 0 saturated carbocycles. The Balaban J connectivity index is 2.15. The van der Waals surface area contributed by atoms with Crippen molar-refractivity contribution in [2.24, 2.45) is 5.84 Å². The molecule has 0 aliphatic carbocycles. The van der Waals surface area contributed by atoms with Crippen LogP contribution in [0.1, 0.15) is 39.0 Å². The molecule has 4 heteroatoms. The molecule has 0 aromatic carbocycles. The Labute approximate surface area is 92.5 Å². The van der Waals surface area contributed by atoms with E-state index < -0.39 is 0 Å². The number of hydrazine groups is 1. The first-order valence-electron chi connectivity index (χ1n) is 6.04. The molecule has 1 rings (SSSR count). The molecular formula is C11H24N2O2. The number of nitrogens with one attached hydrogen (secondary N) is 1. The van der Waals surface area contributed by atoms with Gasteiger partial charge in [0.2, 0.25) is 0 Å². The van der Waals surface area contributed by atoms with Crippen LogP contribution in [0.25, 0.3) is 0 Å². The molecule has 0 aromatic heterocycles. The second-order valence-electron chi connectivity index (χ2n) is 4.11. The maximum Gasteiger partial charge on any atom is 0.0975 e. The Morgan fingerprint density at radius 2 is 2.20 bits per heavy atom. The monoisotopic (exact) mass is 216 g/mol. The predicted octanol–water partition coefficient (Wildman–Crippen LogP) is 1.20. The molecule has 1 aliphatic rings. The maximum atomic E-state index is 5.62. The normalized spacial score (nSPS) is 24.0. The van der Waals surface area contributed by atoms with E-state index in [9.17, 15) is 0 Å². The highest BCUT2D eigenvalue weighted by atomic mass is 16.6. The van der Waals surface area contributed by atoms with Crippen LogP contribution < -0.4 is 11.3 Å². The van der Waals surface area contributed by atoms with Crippen LogP contribution in [0.4, 0.5) is 0 Å². The number of hydrogen-bond donors (Lipinski definition) is 2. The van der Waals surface area contributed by atoms with Gasteiger partial charge in [0.1, 0.15) is 0 Å². The van der Waals surface area contributed by atoms with Gasteiger partial charge in [0.05, 0.1) is 25.9 Å². The summed E-state index contributed by atoms with van der Waals surface area (Å²) in [6.45, 7) is 4.29. The van der Waals surface area contributed by atoms with Crippen LogP contribution in [0.15, 0.2) is 0 Å². The highest BCUT2D eigenvalue weighted by Crippen LogP contribution is 2.12. The minimum absolute atomic E-state index is 0.130. The van der Waals surface area contributed by atoms with E-state index in [2.05, 4.69) is 12.3 Å². The van der Waals surface area contributed by atoms with E-state index in [4.69, 9.17) is 15.3 Å². The SMILES string of the molecule is CCCCCCC(NN)C1COCCO1. The summed E-state index contributed by atoms with van der Waals surface area (Å²) < 4.78 is 11.0. The topological polar surface area (TPSA) is 56.5 Å². The van der Waals surface area contributed by atoms with E-state index in [-0.39, 0.29) is 12.1 Å². The van der Waals surface area contributed by atoms with Crippen LogP contribution in [0, 0.1) is 0 Å². The van der Waals surface area contributed by atoms with Gasteiger partial charge in [-0.1, -0.05) is 32.6 Å². The highest BCUT2D eigenvalue weighted by Gasteiger charge is 2.23. The van der Waals surface area contributed by atoms with Crippen molar-refractivity contribution in [3.05, 3.63) is 0 Å². The number of rotatable bonds is 7. The minimum atomic E-state index is 0.130. The van der Waals surface area contributed by atoms with E-state index in [0.29, 0.717) is 19.8 Å². The molecule has 1 aliphatic heterocycles. The lowest BCUT2D eigenvalue weighted by atomic mass is 10.0.